The monoisotopic (exact) mass is 266 g/mol. The van der Waals surface area contributed by atoms with Gasteiger partial charge in [-0.05, 0) is 18.6 Å². The van der Waals surface area contributed by atoms with Gasteiger partial charge in [-0.2, -0.15) is 5.10 Å². The van der Waals surface area contributed by atoms with Crippen molar-refractivity contribution in [1.29, 1.82) is 0 Å². The standard InChI is InChI=1S/C13H16F2N4/c1-3-4-11-12(16)13(19(2)18-11)17-10-6-5-8(14)7-9(10)15/h5-7,17H,3-4,16H2,1-2H3. The average molecular weight is 266 g/mol. The van der Waals surface area contributed by atoms with Crippen molar-refractivity contribution < 1.29 is 8.78 Å². The largest absolute Gasteiger partial charge is 0.394 e. The minimum Gasteiger partial charge on any atom is -0.394 e. The van der Waals surface area contributed by atoms with Crippen LogP contribution in [0.1, 0.15) is 19.0 Å². The molecule has 1 aromatic carbocycles. The van der Waals surface area contributed by atoms with Crippen molar-refractivity contribution in [1.82, 2.24) is 9.78 Å². The zero-order chi connectivity index (χ0) is 14.0. The maximum absolute atomic E-state index is 13.6. The smallest absolute Gasteiger partial charge is 0.152 e. The number of nitrogens with two attached hydrogens (primary N) is 1. The lowest BCUT2D eigenvalue weighted by Crippen LogP contribution is -2.03. The van der Waals surface area contributed by atoms with E-state index < -0.39 is 11.6 Å². The van der Waals surface area contributed by atoms with E-state index in [1.165, 1.54) is 12.1 Å². The van der Waals surface area contributed by atoms with E-state index in [0.29, 0.717) is 11.5 Å². The van der Waals surface area contributed by atoms with Crippen LogP contribution in [0, 0.1) is 11.6 Å². The van der Waals surface area contributed by atoms with Crippen molar-refractivity contribution in [2.75, 3.05) is 11.1 Å². The molecule has 19 heavy (non-hydrogen) atoms. The number of halogens is 2. The van der Waals surface area contributed by atoms with Crippen LogP contribution < -0.4 is 11.1 Å². The molecule has 0 bridgehead atoms. The first kappa shape index (κ1) is 13.3. The predicted octanol–water partition coefficient (Wildman–Crippen LogP) is 2.98. The summed E-state index contributed by atoms with van der Waals surface area (Å²) in [6, 6.07) is 3.34. The maximum Gasteiger partial charge on any atom is 0.152 e. The lowest BCUT2D eigenvalue weighted by molar-refractivity contribution is 0.586. The normalized spacial score (nSPS) is 10.7. The second-order valence-electron chi connectivity index (χ2n) is 4.33. The first-order chi connectivity index (χ1) is 9.02. The van der Waals surface area contributed by atoms with E-state index >= 15 is 0 Å². The summed E-state index contributed by atoms with van der Waals surface area (Å²) in [5.41, 5.74) is 7.41. The van der Waals surface area contributed by atoms with Gasteiger partial charge < -0.3 is 11.1 Å². The quantitative estimate of drug-likeness (QED) is 0.894. The summed E-state index contributed by atoms with van der Waals surface area (Å²) in [5, 5.41) is 7.12. The van der Waals surface area contributed by atoms with Crippen molar-refractivity contribution in [3.05, 3.63) is 35.5 Å². The van der Waals surface area contributed by atoms with Crippen LogP contribution in [0.3, 0.4) is 0 Å². The maximum atomic E-state index is 13.6. The third kappa shape index (κ3) is 2.67. The molecule has 0 unspecified atom stereocenters. The Labute approximate surface area is 110 Å². The van der Waals surface area contributed by atoms with E-state index in [-0.39, 0.29) is 5.69 Å². The van der Waals surface area contributed by atoms with Crippen LogP contribution in [0.5, 0.6) is 0 Å². The number of hydrogen-bond acceptors (Lipinski definition) is 3. The molecule has 0 aliphatic heterocycles. The first-order valence-corrected chi connectivity index (χ1v) is 6.06. The third-order valence-corrected chi connectivity index (χ3v) is 2.83. The minimum absolute atomic E-state index is 0.166. The molecule has 6 heteroatoms. The Morgan fingerprint density at radius 2 is 2.11 bits per heavy atom. The van der Waals surface area contributed by atoms with Gasteiger partial charge in [0.05, 0.1) is 17.1 Å². The van der Waals surface area contributed by atoms with E-state index in [2.05, 4.69) is 10.4 Å². The van der Waals surface area contributed by atoms with E-state index in [9.17, 15) is 8.78 Å². The molecular formula is C13H16F2N4. The molecule has 2 rings (SSSR count). The fraction of sp³-hybridized carbons (Fsp3) is 0.308. The molecule has 0 radical (unpaired) electrons. The number of nitrogens with zero attached hydrogens (tertiary/aromatic N) is 2. The SMILES string of the molecule is CCCc1nn(C)c(Nc2ccc(F)cc2F)c1N. The highest BCUT2D eigenvalue weighted by Gasteiger charge is 2.14. The predicted molar refractivity (Wildman–Crippen MR) is 71.3 cm³/mol. The number of benzene rings is 1. The average Bonchev–Trinajstić information content (AvgIpc) is 2.60. The molecule has 1 aromatic heterocycles. The van der Waals surface area contributed by atoms with Crippen LogP contribution in [0.4, 0.5) is 26.0 Å². The fourth-order valence-electron chi connectivity index (χ4n) is 1.88. The number of nitrogen functional groups attached to an aromatic ring is 1. The van der Waals surface area contributed by atoms with Gasteiger partial charge in [-0.25, -0.2) is 8.78 Å². The van der Waals surface area contributed by atoms with Crippen LogP contribution >= 0.6 is 0 Å². The van der Waals surface area contributed by atoms with E-state index in [0.717, 1.165) is 24.6 Å². The van der Waals surface area contributed by atoms with Gasteiger partial charge in [0.15, 0.2) is 5.82 Å². The van der Waals surface area contributed by atoms with Gasteiger partial charge >= 0.3 is 0 Å². The lowest BCUT2D eigenvalue weighted by atomic mass is 10.2. The topological polar surface area (TPSA) is 55.9 Å². The Morgan fingerprint density at radius 3 is 2.74 bits per heavy atom. The molecule has 102 valence electrons. The summed E-state index contributed by atoms with van der Waals surface area (Å²) in [4.78, 5) is 0. The van der Waals surface area contributed by atoms with E-state index in [1.807, 2.05) is 6.92 Å². The molecule has 1 heterocycles. The number of nitrogens with one attached hydrogen (secondary N) is 1. The molecule has 0 aliphatic carbocycles. The highest BCUT2D eigenvalue weighted by molar-refractivity contribution is 5.71. The highest BCUT2D eigenvalue weighted by atomic mass is 19.1. The number of aryl methyl sites for hydroxylation is 2. The molecule has 3 N–H and O–H groups in total. The lowest BCUT2D eigenvalue weighted by Gasteiger charge is -2.08. The van der Waals surface area contributed by atoms with Gasteiger partial charge in [-0.1, -0.05) is 13.3 Å². The Kier molecular flexibility index (Phi) is 3.69. The number of rotatable bonds is 4. The highest BCUT2D eigenvalue weighted by Crippen LogP contribution is 2.27. The Hall–Kier alpha value is -2.11. The number of anilines is 3. The molecule has 0 aliphatic rings. The van der Waals surface area contributed by atoms with Crippen LogP contribution in [-0.4, -0.2) is 9.78 Å². The summed E-state index contributed by atoms with van der Waals surface area (Å²) in [6.45, 7) is 2.03. The minimum atomic E-state index is -0.669. The van der Waals surface area contributed by atoms with Crippen molar-refractivity contribution in [3.63, 3.8) is 0 Å². The van der Waals surface area contributed by atoms with E-state index in [4.69, 9.17) is 5.73 Å². The molecule has 0 saturated carbocycles. The molecule has 0 atom stereocenters. The van der Waals surface area contributed by atoms with Crippen LogP contribution in [-0.2, 0) is 13.5 Å². The third-order valence-electron chi connectivity index (χ3n) is 2.83. The molecule has 0 spiro atoms. The molecule has 2 aromatic rings. The summed E-state index contributed by atoms with van der Waals surface area (Å²) in [5.74, 6) is -0.778. The molecular weight excluding hydrogens is 250 g/mol. The summed E-state index contributed by atoms with van der Waals surface area (Å²) in [7, 11) is 1.72. The fourth-order valence-corrected chi connectivity index (χ4v) is 1.88. The number of aromatic nitrogens is 2. The van der Waals surface area contributed by atoms with Crippen molar-refractivity contribution in [3.8, 4) is 0 Å². The second kappa shape index (κ2) is 5.26. The first-order valence-electron chi connectivity index (χ1n) is 6.06. The summed E-state index contributed by atoms with van der Waals surface area (Å²) in [6.07, 6.45) is 1.68. The van der Waals surface area contributed by atoms with Gasteiger partial charge in [0.25, 0.3) is 0 Å². The zero-order valence-electron chi connectivity index (χ0n) is 10.9. The van der Waals surface area contributed by atoms with Crippen molar-refractivity contribution in [2.24, 2.45) is 7.05 Å². The van der Waals surface area contributed by atoms with Gasteiger partial charge in [-0.15, -0.1) is 0 Å². The summed E-state index contributed by atoms with van der Waals surface area (Å²) >= 11 is 0. The molecule has 0 amide bonds. The number of hydrogen-bond donors (Lipinski definition) is 2. The van der Waals surface area contributed by atoms with Crippen LogP contribution in [0.15, 0.2) is 18.2 Å². The van der Waals surface area contributed by atoms with Gasteiger partial charge in [0.2, 0.25) is 0 Å². The van der Waals surface area contributed by atoms with Crippen molar-refractivity contribution in [2.45, 2.75) is 19.8 Å². The van der Waals surface area contributed by atoms with E-state index in [1.54, 1.807) is 11.7 Å². The second-order valence-corrected chi connectivity index (χ2v) is 4.33. The Balaban J connectivity index is 2.33. The van der Waals surface area contributed by atoms with Gasteiger partial charge in [0.1, 0.15) is 11.6 Å². The molecule has 0 fully saturated rings. The Morgan fingerprint density at radius 1 is 1.37 bits per heavy atom. The Bertz CT molecular complexity index is 593. The van der Waals surface area contributed by atoms with Gasteiger partial charge in [0, 0.05) is 13.1 Å². The molecule has 4 nitrogen and oxygen atoms in total. The van der Waals surface area contributed by atoms with Crippen molar-refractivity contribution >= 4 is 17.2 Å². The zero-order valence-corrected chi connectivity index (χ0v) is 10.9. The molecule has 0 saturated heterocycles. The van der Waals surface area contributed by atoms with Crippen LogP contribution in [0.2, 0.25) is 0 Å². The van der Waals surface area contributed by atoms with Crippen LogP contribution in [0.25, 0.3) is 0 Å². The van der Waals surface area contributed by atoms with Gasteiger partial charge in [-0.3, -0.25) is 4.68 Å². The summed E-state index contributed by atoms with van der Waals surface area (Å²) < 4.78 is 28.0.